The number of hydrogen-bond acceptors (Lipinski definition) is 4. The fraction of sp³-hybridized carbons (Fsp3) is 0.652. The standard InChI is InChI=1S/C23H32N4O/c24-16-19-5-3-6-20(15-19)17-25-13-8-22(9-14-25)27-12-4-7-21(18-27)23(28)26-10-1-2-11-26/h3,5-6,15,21-22H,1-2,4,7-14,17-18H2/t21-/m1/s1. The van der Waals surface area contributed by atoms with Crippen LogP contribution in [-0.2, 0) is 11.3 Å². The molecule has 0 spiro atoms. The Balaban J connectivity index is 1.27. The SMILES string of the molecule is N#Cc1cccc(CN2CCC(N3CCC[C@@H](C(=O)N4CCCC4)C3)CC2)c1. The molecule has 3 saturated heterocycles. The molecule has 0 aromatic heterocycles. The van der Waals surface area contributed by atoms with Crippen molar-refractivity contribution in [2.75, 3.05) is 39.3 Å². The molecular formula is C23H32N4O. The van der Waals surface area contributed by atoms with Gasteiger partial charge in [-0.05, 0) is 75.9 Å². The fourth-order valence-corrected chi connectivity index (χ4v) is 5.18. The quantitative estimate of drug-likeness (QED) is 0.806. The third-order valence-electron chi connectivity index (χ3n) is 6.76. The van der Waals surface area contributed by atoms with Crippen LogP contribution < -0.4 is 0 Å². The highest BCUT2D eigenvalue weighted by atomic mass is 16.2. The Kier molecular flexibility index (Phi) is 6.29. The molecule has 1 aromatic carbocycles. The van der Waals surface area contributed by atoms with Crippen LogP contribution in [0.4, 0.5) is 0 Å². The van der Waals surface area contributed by atoms with Crippen molar-refractivity contribution < 1.29 is 4.79 Å². The fourth-order valence-electron chi connectivity index (χ4n) is 5.18. The number of amides is 1. The first-order chi connectivity index (χ1) is 13.7. The summed E-state index contributed by atoms with van der Waals surface area (Å²) in [4.78, 5) is 20.0. The van der Waals surface area contributed by atoms with E-state index in [1.165, 1.54) is 31.2 Å². The van der Waals surface area contributed by atoms with Crippen molar-refractivity contribution in [1.82, 2.24) is 14.7 Å². The van der Waals surface area contributed by atoms with Crippen molar-refractivity contribution in [2.24, 2.45) is 5.92 Å². The van der Waals surface area contributed by atoms with E-state index in [-0.39, 0.29) is 5.92 Å². The van der Waals surface area contributed by atoms with Crippen molar-refractivity contribution >= 4 is 5.91 Å². The van der Waals surface area contributed by atoms with Crippen molar-refractivity contribution in [3.63, 3.8) is 0 Å². The Hall–Kier alpha value is -1.90. The van der Waals surface area contributed by atoms with Crippen LogP contribution >= 0.6 is 0 Å². The van der Waals surface area contributed by atoms with Crippen molar-refractivity contribution in [3.05, 3.63) is 35.4 Å². The average Bonchev–Trinajstić information content (AvgIpc) is 3.29. The van der Waals surface area contributed by atoms with Gasteiger partial charge in [-0.15, -0.1) is 0 Å². The van der Waals surface area contributed by atoms with E-state index in [9.17, 15) is 4.79 Å². The smallest absolute Gasteiger partial charge is 0.226 e. The average molecular weight is 381 g/mol. The molecule has 5 heteroatoms. The molecule has 4 rings (SSSR count). The first-order valence-electron chi connectivity index (χ1n) is 11.0. The van der Waals surface area contributed by atoms with Gasteiger partial charge in [0.2, 0.25) is 5.91 Å². The number of nitriles is 1. The van der Waals surface area contributed by atoms with Crippen molar-refractivity contribution in [1.29, 1.82) is 5.26 Å². The van der Waals surface area contributed by atoms with Gasteiger partial charge in [0.25, 0.3) is 0 Å². The molecule has 0 aliphatic carbocycles. The zero-order chi connectivity index (χ0) is 19.3. The van der Waals surface area contributed by atoms with Crippen LogP contribution in [0.1, 0.15) is 49.7 Å². The summed E-state index contributed by atoms with van der Waals surface area (Å²) in [5.74, 6) is 0.635. The monoisotopic (exact) mass is 380 g/mol. The molecule has 0 unspecified atom stereocenters. The molecule has 150 valence electrons. The minimum absolute atomic E-state index is 0.221. The Labute approximate surface area is 168 Å². The van der Waals surface area contributed by atoms with Gasteiger partial charge in [0.05, 0.1) is 17.6 Å². The Morgan fingerprint density at radius 3 is 2.57 bits per heavy atom. The van der Waals surface area contributed by atoms with Crippen LogP contribution in [0.25, 0.3) is 0 Å². The lowest BCUT2D eigenvalue weighted by atomic mass is 9.93. The number of nitrogens with zero attached hydrogens (tertiary/aromatic N) is 4. The molecule has 3 aliphatic heterocycles. The maximum Gasteiger partial charge on any atom is 0.226 e. The van der Waals surface area contributed by atoms with Crippen LogP contribution in [0.3, 0.4) is 0 Å². The van der Waals surface area contributed by atoms with E-state index in [0.29, 0.717) is 11.9 Å². The highest BCUT2D eigenvalue weighted by molar-refractivity contribution is 5.79. The maximum atomic E-state index is 12.8. The zero-order valence-corrected chi connectivity index (χ0v) is 16.9. The van der Waals surface area contributed by atoms with Crippen LogP contribution in [-0.4, -0.2) is 65.9 Å². The lowest BCUT2D eigenvalue weighted by molar-refractivity contribution is -0.136. The first kappa shape index (κ1) is 19.4. The van der Waals surface area contributed by atoms with Gasteiger partial charge >= 0.3 is 0 Å². The lowest BCUT2D eigenvalue weighted by Gasteiger charge is -2.42. The molecular weight excluding hydrogens is 348 g/mol. The second kappa shape index (κ2) is 9.07. The number of piperidine rings is 2. The van der Waals surface area contributed by atoms with Gasteiger partial charge in [0, 0.05) is 32.2 Å². The summed E-state index contributed by atoms with van der Waals surface area (Å²) < 4.78 is 0. The molecule has 0 N–H and O–H groups in total. The molecule has 28 heavy (non-hydrogen) atoms. The predicted molar refractivity (Wildman–Crippen MR) is 110 cm³/mol. The second-order valence-corrected chi connectivity index (χ2v) is 8.69. The third-order valence-corrected chi connectivity index (χ3v) is 6.76. The zero-order valence-electron chi connectivity index (χ0n) is 16.9. The molecule has 5 nitrogen and oxygen atoms in total. The van der Waals surface area contributed by atoms with Gasteiger partial charge in [-0.3, -0.25) is 14.6 Å². The number of hydrogen-bond donors (Lipinski definition) is 0. The van der Waals surface area contributed by atoms with E-state index in [1.807, 2.05) is 18.2 Å². The van der Waals surface area contributed by atoms with Crippen LogP contribution in [0.5, 0.6) is 0 Å². The van der Waals surface area contributed by atoms with Gasteiger partial charge in [-0.25, -0.2) is 0 Å². The van der Waals surface area contributed by atoms with Crippen molar-refractivity contribution in [3.8, 4) is 6.07 Å². The van der Waals surface area contributed by atoms with E-state index in [2.05, 4.69) is 26.8 Å². The van der Waals surface area contributed by atoms with Gasteiger partial charge < -0.3 is 4.90 Å². The maximum absolute atomic E-state index is 12.8. The predicted octanol–water partition coefficient (Wildman–Crippen LogP) is 2.86. The molecule has 1 atom stereocenters. The molecule has 3 aliphatic rings. The highest BCUT2D eigenvalue weighted by Gasteiger charge is 2.34. The molecule has 1 aromatic rings. The second-order valence-electron chi connectivity index (χ2n) is 8.69. The summed E-state index contributed by atoms with van der Waals surface area (Å²) in [7, 11) is 0. The summed E-state index contributed by atoms with van der Waals surface area (Å²) in [5.41, 5.74) is 1.97. The minimum atomic E-state index is 0.221. The highest BCUT2D eigenvalue weighted by Crippen LogP contribution is 2.26. The molecule has 1 amide bonds. The van der Waals surface area contributed by atoms with Gasteiger partial charge in [0.1, 0.15) is 0 Å². The summed E-state index contributed by atoms with van der Waals surface area (Å²) >= 11 is 0. The van der Waals surface area contributed by atoms with E-state index in [0.717, 1.165) is 64.2 Å². The summed E-state index contributed by atoms with van der Waals surface area (Å²) in [6.07, 6.45) is 6.95. The Morgan fingerprint density at radius 2 is 1.82 bits per heavy atom. The van der Waals surface area contributed by atoms with Crippen molar-refractivity contribution in [2.45, 2.75) is 51.1 Å². The normalized spacial score (nSPS) is 25.0. The summed E-state index contributed by atoms with van der Waals surface area (Å²) in [6.45, 7) is 7.19. The number of carbonyl (C=O) groups is 1. The van der Waals surface area contributed by atoms with Crippen LogP contribution in [0, 0.1) is 17.2 Å². The Bertz CT molecular complexity index is 714. The van der Waals surface area contributed by atoms with E-state index >= 15 is 0 Å². The van der Waals surface area contributed by atoms with Gasteiger partial charge in [-0.1, -0.05) is 12.1 Å². The van der Waals surface area contributed by atoms with E-state index < -0.39 is 0 Å². The van der Waals surface area contributed by atoms with Crippen LogP contribution in [0.2, 0.25) is 0 Å². The van der Waals surface area contributed by atoms with E-state index in [1.54, 1.807) is 0 Å². The van der Waals surface area contributed by atoms with E-state index in [4.69, 9.17) is 5.26 Å². The molecule has 0 radical (unpaired) electrons. The molecule has 3 fully saturated rings. The lowest BCUT2D eigenvalue weighted by Crippen LogP contribution is -2.51. The first-order valence-corrected chi connectivity index (χ1v) is 11.0. The third kappa shape index (κ3) is 4.56. The number of benzene rings is 1. The van der Waals surface area contributed by atoms with Crippen LogP contribution in [0.15, 0.2) is 24.3 Å². The largest absolute Gasteiger partial charge is 0.342 e. The number of rotatable bonds is 4. The summed E-state index contributed by atoms with van der Waals surface area (Å²) in [6, 6.07) is 10.8. The minimum Gasteiger partial charge on any atom is -0.342 e. The number of carbonyl (C=O) groups excluding carboxylic acids is 1. The topological polar surface area (TPSA) is 50.6 Å². The van der Waals surface area contributed by atoms with Gasteiger partial charge in [0.15, 0.2) is 0 Å². The molecule has 3 heterocycles. The van der Waals surface area contributed by atoms with Gasteiger partial charge in [-0.2, -0.15) is 5.26 Å². The molecule has 0 bridgehead atoms. The molecule has 0 saturated carbocycles. The number of likely N-dealkylation sites (tertiary alicyclic amines) is 3. The summed E-state index contributed by atoms with van der Waals surface area (Å²) in [5, 5.41) is 9.08. The Morgan fingerprint density at radius 1 is 1.04 bits per heavy atom.